The number of ether oxygens (including phenoxy) is 1. The molecule has 1 fully saturated rings. The maximum absolute atomic E-state index is 13.4. The SMILES string of the molecule is CCc1ccc2c(CNC[C@@H](c3ccc(F)cc3)N3CCOCC3)cc(=O)oc2c1. The van der Waals surface area contributed by atoms with Gasteiger partial charge in [0.25, 0.3) is 0 Å². The van der Waals surface area contributed by atoms with E-state index in [0.717, 1.165) is 41.6 Å². The summed E-state index contributed by atoms with van der Waals surface area (Å²) in [5, 5.41) is 4.45. The largest absolute Gasteiger partial charge is 0.423 e. The van der Waals surface area contributed by atoms with Crippen molar-refractivity contribution >= 4 is 11.0 Å². The Kier molecular flexibility index (Phi) is 6.57. The molecule has 1 N–H and O–H groups in total. The van der Waals surface area contributed by atoms with Gasteiger partial charge >= 0.3 is 5.63 Å². The second-order valence-electron chi connectivity index (χ2n) is 7.62. The second-order valence-corrected chi connectivity index (χ2v) is 7.62. The van der Waals surface area contributed by atoms with Gasteiger partial charge < -0.3 is 14.5 Å². The molecule has 1 aliphatic rings. The molecule has 158 valence electrons. The first-order valence-corrected chi connectivity index (χ1v) is 10.5. The third kappa shape index (κ3) is 4.78. The normalized spacial score (nSPS) is 16.1. The Balaban J connectivity index is 1.53. The van der Waals surface area contributed by atoms with Gasteiger partial charge in [0.05, 0.1) is 13.2 Å². The topological polar surface area (TPSA) is 54.7 Å². The highest BCUT2D eigenvalue weighted by Crippen LogP contribution is 2.23. The monoisotopic (exact) mass is 410 g/mol. The summed E-state index contributed by atoms with van der Waals surface area (Å²) in [6.07, 6.45) is 0.890. The smallest absolute Gasteiger partial charge is 0.336 e. The summed E-state index contributed by atoms with van der Waals surface area (Å²) in [6, 6.07) is 14.4. The van der Waals surface area contributed by atoms with Gasteiger partial charge in [0, 0.05) is 43.7 Å². The molecule has 5 nitrogen and oxygen atoms in total. The first kappa shape index (κ1) is 20.7. The highest BCUT2D eigenvalue weighted by molar-refractivity contribution is 5.80. The lowest BCUT2D eigenvalue weighted by atomic mass is 10.0. The quantitative estimate of drug-likeness (QED) is 0.603. The molecule has 0 amide bonds. The zero-order valence-corrected chi connectivity index (χ0v) is 17.2. The van der Waals surface area contributed by atoms with Gasteiger partial charge in [-0.15, -0.1) is 0 Å². The zero-order valence-electron chi connectivity index (χ0n) is 17.2. The summed E-state index contributed by atoms with van der Waals surface area (Å²) < 4.78 is 24.3. The lowest BCUT2D eigenvalue weighted by Crippen LogP contribution is -2.42. The minimum Gasteiger partial charge on any atom is -0.423 e. The molecule has 1 aromatic heterocycles. The molecular formula is C24H27FN2O3. The predicted octanol–water partition coefficient (Wildman–Crippen LogP) is 3.66. The number of halogens is 1. The van der Waals surface area contributed by atoms with E-state index in [1.54, 1.807) is 6.07 Å². The maximum Gasteiger partial charge on any atom is 0.336 e. The van der Waals surface area contributed by atoms with E-state index in [1.807, 2.05) is 24.3 Å². The van der Waals surface area contributed by atoms with Crippen LogP contribution in [0.2, 0.25) is 0 Å². The Hall–Kier alpha value is -2.54. The van der Waals surface area contributed by atoms with Gasteiger partial charge in [0.1, 0.15) is 11.4 Å². The number of rotatable bonds is 7. The molecule has 1 saturated heterocycles. The Morgan fingerprint density at radius 3 is 2.60 bits per heavy atom. The Labute approximate surface area is 175 Å². The van der Waals surface area contributed by atoms with Crippen LogP contribution < -0.4 is 10.9 Å². The zero-order chi connectivity index (χ0) is 20.9. The van der Waals surface area contributed by atoms with Crippen LogP contribution in [0, 0.1) is 5.82 Å². The van der Waals surface area contributed by atoms with Gasteiger partial charge in [0.15, 0.2) is 0 Å². The van der Waals surface area contributed by atoms with Gasteiger partial charge in [-0.25, -0.2) is 9.18 Å². The second kappa shape index (κ2) is 9.51. The van der Waals surface area contributed by atoms with E-state index < -0.39 is 0 Å². The standard InChI is InChI=1S/C24H27FN2O3/c1-2-17-3-8-21-19(14-24(28)30-23(21)13-17)15-26-16-22(27-9-11-29-12-10-27)18-4-6-20(25)7-5-18/h3-8,13-14,22,26H,2,9-12,15-16H2,1H3/t22-/m0/s1. The van der Waals surface area contributed by atoms with Gasteiger partial charge in [-0.05, 0) is 41.3 Å². The van der Waals surface area contributed by atoms with Crippen LogP contribution in [0.1, 0.15) is 29.7 Å². The van der Waals surface area contributed by atoms with Gasteiger partial charge in [-0.2, -0.15) is 0 Å². The molecule has 1 atom stereocenters. The van der Waals surface area contributed by atoms with Crippen molar-refractivity contribution in [2.24, 2.45) is 0 Å². The van der Waals surface area contributed by atoms with E-state index in [2.05, 4.69) is 23.2 Å². The first-order chi connectivity index (χ1) is 14.6. The molecule has 3 aromatic rings. The van der Waals surface area contributed by atoms with Crippen molar-refractivity contribution in [1.29, 1.82) is 0 Å². The van der Waals surface area contributed by atoms with Crippen molar-refractivity contribution in [2.45, 2.75) is 25.9 Å². The van der Waals surface area contributed by atoms with Crippen LogP contribution >= 0.6 is 0 Å². The number of nitrogens with one attached hydrogen (secondary N) is 1. The van der Waals surface area contributed by atoms with Crippen molar-refractivity contribution < 1.29 is 13.5 Å². The van der Waals surface area contributed by atoms with Crippen LogP contribution in [0.25, 0.3) is 11.0 Å². The van der Waals surface area contributed by atoms with E-state index >= 15 is 0 Å². The minimum atomic E-state index is -0.337. The lowest BCUT2D eigenvalue weighted by Gasteiger charge is -2.35. The number of nitrogens with zero attached hydrogens (tertiary/aromatic N) is 1. The van der Waals surface area contributed by atoms with Gasteiger partial charge in [-0.1, -0.05) is 31.2 Å². The van der Waals surface area contributed by atoms with Crippen molar-refractivity contribution in [3.63, 3.8) is 0 Å². The number of morpholine rings is 1. The molecule has 0 unspecified atom stereocenters. The van der Waals surface area contributed by atoms with E-state index in [9.17, 15) is 9.18 Å². The van der Waals surface area contributed by atoms with E-state index in [1.165, 1.54) is 12.1 Å². The minimum absolute atomic E-state index is 0.104. The fourth-order valence-corrected chi connectivity index (χ4v) is 4.02. The summed E-state index contributed by atoms with van der Waals surface area (Å²) in [4.78, 5) is 14.4. The maximum atomic E-state index is 13.4. The summed E-state index contributed by atoms with van der Waals surface area (Å²) in [5.41, 5.74) is 3.41. The van der Waals surface area contributed by atoms with Crippen molar-refractivity contribution in [3.05, 3.63) is 81.5 Å². The predicted molar refractivity (Wildman–Crippen MR) is 115 cm³/mol. The average molecular weight is 410 g/mol. The number of benzene rings is 2. The van der Waals surface area contributed by atoms with Crippen LogP contribution in [0.5, 0.6) is 0 Å². The number of aryl methyl sites for hydroxylation is 1. The van der Waals surface area contributed by atoms with E-state index in [0.29, 0.717) is 31.9 Å². The van der Waals surface area contributed by atoms with Crippen molar-refractivity contribution in [3.8, 4) is 0 Å². The average Bonchev–Trinajstić information content (AvgIpc) is 2.77. The van der Waals surface area contributed by atoms with E-state index in [4.69, 9.17) is 9.15 Å². The Bertz CT molecular complexity index is 1040. The molecular weight excluding hydrogens is 383 g/mol. The summed E-state index contributed by atoms with van der Waals surface area (Å²) in [6.45, 7) is 6.37. The first-order valence-electron chi connectivity index (χ1n) is 10.5. The van der Waals surface area contributed by atoms with Crippen LogP contribution in [-0.4, -0.2) is 37.7 Å². The third-order valence-corrected chi connectivity index (χ3v) is 5.70. The molecule has 4 rings (SSSR count). The molecule has 6 heteroatoms. The molecule has 2 aromatic carbocycles. The summed E-state index contributed by atoms with van der Waals surface area (Å²) >= 11 is 0. The molecule has 0 spiro atoms. The van der Waals surface area contributed by atoms with Crippen LogP contribution in [0.3, 0.4) is 0 Å². The fourth-order valence-electron chi connectivity index (χ4n) is 4.02. The number of hydrogen-bond donors (Lipinski definition) is 1. The molecule has 2 heterocycles. The Morgan fingerprint density at radius 1 is 1.10 bits per heavy atom. The number of fused-ring (bicyclic) bond motifs is 1. The van der Waals surface area contributed by atoms with Gasteiger partial charge in [-0.3, -0.25) is 4.90 Å². The third-order valence-electron chi connectivity index (χ3n) is 5.70. The Morgan fingerprint density at radius 2 is 1.87 bits per heavy atom. The summed E-state index contributed by atoms with van der Waals surface area (Å²) in [7, 11) is 0. The van der Waals surface area contributed by atoms with Crippen LogP contribution in [-0.2, 0) is 17.7 Å². The van der Waals surface area contributed by atoms with Gasteiger partial charge in [0.2, 0.25) is 0 Å². The lowest BCUT2D eigenvalue weighted by molar-refractivity contribution is 0.0161. The van der Waals surface area contributed by atoms with Crippen molar-refractivity contribution in [2.75, 3.05) is 32.8 Å². The molecule has 0 radical (unpaired) electrons. The highest BCUT2D eigenvalue weighted by atomic mass is 19.1. The van der Waals surface area contributed by atoms with Crippen molar-refractivity contribution in [1.82, 2.24) is 10.2 Å². The van der Waals surface area contributed by atoms with E-state index in [-0.39, 0.29) is 17.5 Å². The number of hydrogen-bond acceptors (Lipinski definition) is 5. The van der Waals surface area contributed by atoms with Crippen LogP contribution in [0.15, 0.2) is 57.7 Å². The highest BCUT2D eigenvalue weighted by Gasteiger charge is 2.22. The molecule has 0 aliphatic carbocycles. The molecule has 0 saturated carbocycles. The molecule has 30 heavy (non-hydrogen) atoms. The summed E-state index contributed by atoms with van der Waals surface area (Å²) in [5.74, 6) is -0.235. The van der Waals surface area contributed by atoms with Crippen LogP contribution in [0.4, 0.5) is 4.39 Å². The fraction of sp³-hybridized carbons (Fsp3) is 0.375. The molecule has 0 bridgehead atoms. The molecule has 1 aliphatic heterocycles.